The SMILES string of the molecule is CC(C)n1nccc1NC(=O)CN1CCCC1c1cccs1. The third kappa shape index (κ3) is 3.23. The first kappa shape index (κ1) is 15.2. The maximum Gasteiger partial charge on any atom is 0.239 e. The van der Waals surface area contributed by atoms with Gasteiger partial charge in [0.05, 0.1) is 12.7 Å². The second-order valence-electron chi connectivity index (χ2n) is 5.95. The number of nitrogens with zero attached hydrogens (tertiary/aromatic N) is 3. The van der Waals surface area contributed by atoms with Gasteiger partial charge in [-0.1, -0.05) is 6.07 Å². The van der Waals surface area contributed by atoms with E-state index >= 15 is 0 Å². The zero-order valence-electron chi connectivity index (χ0n) is 13.0. The average Bonchev–Trinajstić information content (AvgIpc) is 3.18. The fraction of sp³-hybridized carbons (Fsp3) is 0.500. The van der Waals surface area contributed by atoms with Crippen LogP contribution in [0.4, 0.5) is 5.82 Å². The van der Waals surface area contributed by atoms with E-state index in [1.165, 1.54) is 4.88 Å². The van der Waals surface area contributed by atoms with Crippen LogP contribution in [0.1, 0.15) is 43.6 Å². The Hall–Kier alpha value is -1.66. The van der Waals surface area contributed by atoms with Crippen molar-refractivity contribution in [3.05, 3.63) is 34.7 Å². The van der Waals surface area contributed by atoms with Gasteiger partial charge < -0.3 is 5.32 Å². The lowest BCUT2D eigenvalue weighted by atomic mass is 10.2. The number of likely N-dealkylation sites (tertiary alicyclic amines) is 1. The van der Waals surface area contributed by atoms with Gasteiger partial charge in [0.1, 0.15) is 5.82 Å². The second kappa shape index (κ2) is 6.62. The van der Waals surface area contributed by atoms with Crippen molar-refractivity contribution < 1.29 is 4.79 Å². The summed E-state index contributed by atoms with van der Waals surface area (Å²) in [5, 5.41) is 9.34. The van der Waals surface area contributed by atoms with Crippen LogP contribution in [0.3, 0.4) is 0 Å². The Labute approximate surface area is 134 Å². The molecule has 0 radical (unpaired) electrons. The Balaban J connectivity index is 1.63. The molecule has 1 aliphatic rings. The molecule has 22 heavy (non-hydrogen) atoms. The minimum atomic E-state index is 0.0332. The summed E-state index contributed by atoms with van der Waals surface area (Å²) in [4.78, 5) is 16.0. The van der Waals surface area contributed by atoms with Crippen LogP contribution in [0.2, 0.25) is 0 Å². The van der Waals surface area contributed by atoms with Crippen molar-refractivity contribution in [3.63, 3.8) is 0 Å². The zero-order chi connectivity index (χ0) is 15.5. The zero-order valence-corrected chi connectivity index (χ0v) is 13.8. The summed E-state index contributed by atoms with van der Waals surface area (Å²) in [6, 6.07) is 6.72. The van der Waals surface area contributed by atoms with Crippen LogP contribution in [0.15, 0.2) is 29.8 Å². The van der Waals surface area contributed by atoms with Crippen molar-refractivity contribution in [1.29, 1.82) is 0 Å². The Kier molecular flexibility index (Phi) is 4.59. The van der Waals surface area contributed by atoms with Crippen LogP contribution in [0.5, 0.6) is 0 Å². The summed E-state index contributed by atoms with van der Waals surface area (Å²) in [6.07, 6.45) is 4.01. The molecule has 1 atom stereocenters. The van der Waals surface area contributed by atoms with Crippen LogP contribution >= 0.6 is 11.3 Å². The highest BCUT2D eigenvalue weighted by Gasteiger charge is 2.28. The molecule has 1 unspecified atom stereocenters. The van der Waals surface area contributed by atoms with E-state index in [-0.39, 0.29) is 11.9 Å². The monoisotopic (exact) mass is 318 g/mol. The van der Waals surface area contributed by atoms with Gasteiger partial charge in [-0.3, -0.25) is 9.69 Å². The van der Waals surface area contributed by atoms with Gasteiger partial charge in [-0.15, -0.1) is 11.3 Å². The van der Waals surface area contributed by atoms with Gasteiger partial charge in [0.25, 0.3) is 0 Å². The summed E-state index contributed by atoms with van der Waals surface area (Å²) in [5.41, 5.74) is 0. The fourth-order valence-corrected chi connectivity index (χ4v) is 3.91. The van der Waals surface area contributed by atoms with E-state index in [0.717, 1.165) is 25.2 Å². The Bertz CT molecular complexity index is 620. The molecule has 3 rings (SSSR count). The van der Waals surface area contributed by atoms with E-state index in [1.807, 2.05) is 10.7 Å². The predicted molar refractivity (Wildman–Crippen MR) is 89.1 cm³/mol. The molecule has 6 heteroatoms. The lowest BCUT2D eigenvalue weighted by Crippen LogP contribution is -2.33. The van der Waals surface area contributed by atoms with Gasteiger partial charge in [0.15, 0.2) is 0 Å². The number of thiophene rings is 1. The minimum absolute atomic E-state index is 0.0332. The minimum Gasteiger partial charge on any atom is -0.310 e. The highest BCUT2D eigenvalue weighted by molar-refractivity contribution is 7.10. The van der Waals surface area contributed by atoms with Crippen molar-refractivity contribution in [2.45, 2.75) is 38.8 Å². The third-order valence-electron chi connectivity index (χ3n) is 4.01. The summed E-state index contributed by atoms with van der Waals surface area (Å²) < 4.78 is 1.83. The molecule has 2 aromatic heterocycles. The molecule has 118 valence electrons. The van der Waals surface area contributed by atoms with Crippen LogP contribution < -0.4 is 5.32 Å². The third-order valence-corrected chi connectivity index (χ3v) is 4.98. The number of aromatic nitrogens is 2. The molecule has 0 aliphatic carbocycles. The number of amides is 1. The molecule has 0 spiro atoms. The van der Waals surface area contributed by atoms with E-state index in [1.54, 1.807) is 17.5 Å². The first-order valence-electron chi connectivity index (χ1n) is 7.76. The number of hydrogen-bond donors (Lipinski definition) is 1. The topological polar surface area (TPSA) is 50.2 Å². The highest BCUT2D eigenvalue weighted by atomic mass is 32.1. The van der Waals surface area contributed by atoms with Crippen molar-refractivity contribution >= 4 is 23.1 Å². The number of carbonyl (C=O) groups is 1. The van der Waals surface area contributed by atoms with Gasteiger partial charge >= 0.3 is 0 Å². The Morgan fingerprint density at radius 3 is 3.09 bits per heavy atom. The van der Waals surface area contributed by atoms with E-state index in [2.05, 4.69) is 46.7 Å². The van der Waals surface area contributed by atoms with Crippen molar-refractivity contribution in [3.8, 4) is 0 Å². The molecule has 3 heterocycles. The van der Waals surface area contributed by atoms with Crippen LogP contribution in [0, 0.1) is 0 Å². The number of carbonyl (C=O) groups excluding carboxylic acids is 1. The first-order valence-corrected chi connectivity index (χ1v) is 8.64. The molecular weight excluding hydrogens is 296 g/mol. The molecule has 1 N–H and O–H groups in total. The van der Waals surface area contributed by atoms with Gasteiger partial charge in [-0.2, -0.15) is 5.10 Å². The normalized spacial score (nSPS) is 19.0. The van der Waals surface area contributed by atoms with Crippen molar-refractivity contribution in [1.82, 2.24) is 14.7 Å². The van der Waals surface area contributed by atoms with E-state index in [9.17, 15) is 4.79 Å². The number of anilines is 1. The summed E-state index contributed by atoms with van der Waals surface area (Å²) >= 11 is 1.78. The molecule has 1 aliphatic heterocycles. The van der Waals surface area contributed by atoms with Gasteiger partial charge in [-0.25, -0.2) is 4.68 Å². The molecule has 1 fully saturated rings. The first-order chi connectivity index (χ1) is 10.6. The van der Waals surface area contributed by atoms with E-state index in [4.69, 9.17) is 0 Å². The number of hydrogen-bond acceptors (Lipinski definition) is 4. The van der Waals surface area contributed by atoms with E-state index in [0.29, 0.717) is 12.6 Å². The lowest BCUT2D eigenvalue weighted by Gasteiger charge is -2.23. The van der Waals surface area contributed by atoms with Crippen molar-refractivity contribution in [2.24, 2.45) is 0 Å². The van der Waals surface area contributed by atoms with Gasteiger partial charge in [-0.05, 0) is 44.7 Å². The molecular formula is C16H22N4OS. The van der Waals surface area contributed by atoms with Crippen LogP contribution in [-0.2, 0) is 4.79 Å². The maximum atomic E-state index is 12.4. The van der Waals surface area contributed by atoms with Crippen LogP contribution in [-0.4, -0.2) is 33.7 Å². The fourth-order valence-electron chi connectivity index (χ4n) is 3.01. The summed E-state index contributed by atoms with van der Waals surface area (Å²) in [6.45, 7) is 5.52. The summed E-state index contributed by atoms with van der Waals surface area (Å²) in [5.74, 6) is 0.803. The maximum absolute atomic E-state index is 12.4. The highest BCUT2D eigenvalue weighted by Crippen LogP contribution is 2.34. The molecule has 2 aromatic rings. The van der Waals surface area contributed by atoms with Crippen molar-refractivity contribution in [2.75, 3.05) is 18.4 Å². The predicted octanol–water partition coefficient (Wildman–Crippen LogP) is 3.30. The van der Waals surface area contributed by atoms with Gasteiger partial charge in [0.2, 0.25) is 5.91 Å². The average molecular weight is 318 g/mol. The van der Waals surface area contributed by atoms with Crippen LogP contribution in [0.25, 0.3) is 0 Å². The molecule has 1 saturated heterocycles. The largest absolute Gasteiger partial charge is 0.310 e. The molecule has 0 saturated carbocycles. The second-order valence-corrected chi connectivity index (χ2v) is 6.93. The lowest BCUT2D eigenvalue weighted by molar-refractivity contribution is -0.117. The molecule has 0 aromatic carbocycles. The quantitative estimate of drug-likeness (QED) is 0.920. The number of rotatable bonds is 5. The molecule has 1 amide bonds. The standard InChI is InChI=1S/C16H22N4OS/c1-12(2)20-15(7-8-17-20)18-16(21)11-19-9-3-5-13(19)14-6-4-10-22-14/h4,6-8,10,12-13H,3,5,9,11H2,1-2H3,(H,18,21). The Morgan fingerprint density at radius 1 is 1.50 bits per heavy atom. The number of nitrogens with one attached hydrogen (secondary N) is 1. The molecule has 5 nitrogen and oxygen atoms in total. The smallest absolute Gasteiger partial charge is 0.239 e. The van der Waals surface area contributed by atoms with Gasteiger partial charge in [0, 0.05) is 23.0 Å². The van der Waals surface area contributed by atoms with E-state index < -0.39 is 0 Å². The molecule has 0 bridgehead atoms. The Morgan fingerprint density at radius 2 is 2.36 bits per heavy atom. The summed E-state index contributed by atoms with van der Waals surface area (Å²) in [7, 11) is 0.